The molecule has 4 rings (SSSR count). The molecular weight excluding hydrogens is 336 g/mol. The minimum atomic E-state index is -0.255. The summed E-state index contributed by atoms with van der Waals surface area (Å²) in [6, 6.07) is 7.56. The van der Waals surface area contributed by atoms with E-state index in [1.165, 1.54) is 5.56 Å². The highest BCUT2D eigenvalue weighted by atomic mass is 16.5. The lowest BCUT2D eigenvalue weighted by atomic mass is 10.0. The summed E-state index contributed by atoms with van der Waals surface area (Å²) in [7, 11) is 1.58. The molecule has 1 aromatic carbocycles. The Morgan fingerprint density at radius 2 is 2.19 bits per heavy atom. The van der Waals surface area contributed by atoms with Crippen molar-refractivity contribution < 1.29 is 18.6 Å². The summed E-state index contributed by atoms with van der Waals surface area (Å²) in [5, 5.41) is 10.7. The molecule has 3 aromatic rings. The first-order chi connectivity index (χ1) is 12.6. The molecule has 0 bridgehead atoms. The van der Waals surface area contributed by atoms with Gasteiger partial charge in [0.25, 0.3) is 11.8 Å². The lowest BCUT2D eigenvalue weighted by molar-refractivity contribution is 0.0899. The molecule has 1 aliphatic carbocycles. The number of amides is 1. The maximum absolute atomic E-state index is 12.3. The maximum atomic E-state index is 12.3. The van der Waals surface area contributed by atoms with E-state index in [4.69, 9.17) is 13.8 Å². The van der Waals surface area contributed by atoms with Gasteiger partial charge in [0.15, 0.2) is 0 Å². The molecule has 0 spiro atoms. The smallest absolute Gasteiger partial charge is 0.290 e. The number of aryl methyl sites for hydroxylation is 2. The molecule has 134 valence electrons. The van der Waals surface area contributed by atoms with Crippen molar-refractivity contribution in [1.29, 1.82) is 0 Å². The second kappa shape index (κ2) is 6.72. The van der Waals surface area contributed by atoms with Crippen molar-refractivity contribution in [3.8, 4) is 11.4 Å². The summed E-state index contributed by atoms with van der Waals surface area (Å²) in [6.07, 6.45) is 1.70. The number of methoxy groups -OCH3 is 1. The van der Waals surface area contributed by atoms with Crippen LogP contribution in [-0.2, 0) is 17.8 Å². The second-order valence-electron chi connectivity index (χ2n) is 6.26. The Hall–Kier alpha value is -3.00. The molecule has 1 atom stereocenters. The number of hydrogen-bond acceptors (Lipinski definition) is 7. The van der Waals surface area contributed by atoms with Gasteiger partial charge in [0.2, 0.25) is 11.6 Å². The van der Waals surface area contributed by atoms with E-state index in [-0.39, 0.29) is 24.3 Å². The number of nitrogens with one attached hydrogen (secondary N) is 1. The fourth-order valence-corrected chi connectivity index (χ4v) is 3.16. The molecule has 0 saturated heterocycles. The number of ether oxygens (including phenoxy) is 1. The molecule has 0 aliphatic heterocycles. The van der Waals surface area contributed by atoms with Crippen LogP contribution in [0.4, 0.5) is 0 Å². The van der Waals surface area contributed by atoms with Crippen LogP contribution in [0.25, 0.3) is 11.4 Å². The largest absolute Gasteiger partial charge is 0.375 e. The summed E-state index contributed by atoms with van der Waals surface area (Å²) in [6.45, 7) is 2.07. The molecule has 8 heteroatoms. The van der Waals surface area contributed by atoms with Crippen LogP contribution < -0.4 is 5.32 Å². The predicted molar refractivity (Wildman–Crippen MR) is 90.2 cm³/mol. The van der Waals surface area contributed by atoms with Crippen molar-refractivity contribution in [1.82, 2.24) is 20.6 Å². The van der Waals surface area contributed by atoms with Crippen LogP contribution in [0.5, 0.6) is 0 Å². The van der Waals surface area contributed by atoms with Gasteiger partial charge in [0.1, 0.15) is 6.61 Å². The quantitative estimate of drug-likeness (QED) is 0.751. The molecule has 0 fully saturated rings. The van der Waals surface area contributed by atoms with Crippen molar-refractivity contribution in [3.63, 3.8) is 0 Å². The number of aromatic nitrogens is 3. The predicted octanol–water partition coefficient (Wildman–Crippen LogP) is 2.60. The number of nitrogens with zero attached hydrogens (tertiary/aromatic N) is 3. The summed E-state index contributed by atoms with van der Waals surface area (Å²) < 4.78 is 15.2. The van der Waals surface area contributed by atoms with Crippen LogP contribution in [0.3, 0.4) is 0 Å². The van der Waals surface area contributed by atoms with Crippen LogP contribution >= 0.6 is 0 Å². The van der Waals surface area contributed by atoms with E-state index < -0.39 is 0 Å². The SMILES string of the molecule is COCc1nc(-c2ccc3c(c2)CCC3NC(=O)c2cc(C)no2)no1. The minimum absolute atomic E-state index is 0.0497. The highest BCUT2D eigenvalue weighted by Gasteiger charge is 2.26. The van der Waals surface area contributed by atoms with Crippen LogP contribution in [0.15, 0.2) is 33.3 Å². The van der Waals surface area contributed by atoms with E-state index in [9.17, 15) is 4.79 Å². The number of fused-ring (bicyclic) bond motifs is 1. The number of benzene rings is 1. The van der Waals surface area contributed by atoms with Crippen LogP contribution in [-0.4, -0.2) is 28.3 Å². The number of hydrogen-bond donors (Lipinski definition) is 1. The molecule has 8 nitrogen and oxygen atoms in total. The van der Waals surface area contributed by atoms with Gasteiger partial charge in [-0.05, 0) is 37.0 Å². The van der Waals surface area contributed by atoms with Crippen molar-refractivity contribution in [2.45, 2.75) is 32.4 Å². The highest BCUT2D eigenvalue weighted by molar-refractivity contribution is 5.91. The van der Waals surface area contributed by atoms with Gasteiger partial charge in [0, 0.05) is 18.7 Å². The first-order valence-corrected chi connectivity index (χ1v) is 8.33. The molecule has 2 heterocycles. The van der Waals surface area contributed by atoms with Gasteiger partial charge in [-0.1, -0.05) is 22.4 Å². The topological polar surface area (TPSA) is 103 Å². The van der Waals surface area contributed by atoms with E-state index in [1.807, 2.05) is 18.2 Å². The number of carbonyl (C=O) groups excluding carboxylic acids is 1. The Kier molecular flexibility index (Phi) is 4.26. The molecule has 1 aliphatic rings. The first-order valence-electron chi connectivity index (χ1n) is 8.33. The zero-order valence-corrected chi connectivity index (χ0v) is 14.5. The zero-order chi connectivity index (χ0) is 18.1. The summed E-state index contributed by atoms with van der Waals surface area (Å²) in [5.74, 6) is 0.944. The third kappa shape index (κ3) is 3.11. The average molecular weight is 354 g/mol. The molecule has 0 saturated carbocycles. The van der Waals surface area contributed by atoms with Gasteiger partial charge in [-0.15, -0.1) is 0 Å². The summed E-state index contributed by atoms with van der Waals surface area (Å²) in [5.41, 5.74) is 3.82. The third-order valence-electron chi connectivity index (χ3n) is 4.37. The fourth-order valence-electron chi connectivity index (χ4n) is 3.16. The van der Waals surface area contributed by atoms with Gasteiger partial charge >= 0.3 is 0 Å². The van der Waals surface area contributed by atoms with Gasteiger partial charge < -0.3 is 19.1 Å². The van der Waals surface area contributed by atoms with Gasteiger partial charge in [0.05, 0.1) is 11.7 Å². The third-order valence-corrected chi connectivity index (χ3v) is 4.37. The van der Waals surface area contributed by atoms with Gasteiger partial charge in [-0.25, -0.2) is 0 Å². The molecular formula is C18H18N4O4. The summed E-state index contributed by atoms with van der Waals surface area (Å²) >= 11 is 0. The first kappa shape index (κ1) is 16.5. The molecule has 1 N–H and O–H groups in total. The van der Waals surface area contributed by atoms with E-state index >= 15 is 0 Å². The zero-order valence-electron chi connectivity index (χ0n) is 14.5. The Balaban J connectivity index is 1.51. The lowest BCUT2D eigenvalue weighted by Gasteiger charge is -2.13. The van der Waals surface area contributed by atoms with E-state index in [1.54, 1.807) is 20.1 Å². The average Bonchev–Trinajstić information content (AvgIpc) is 3.35. The van der Waals surface area contributed by atoms with Crippen molar-refractivity contribution in [3.05, 3.63) is 52.7 Å². The van der Waals surface area contributed by atoms with Gasteiger partial charge in [-0.2, -0.15) is 4.98 Å². The second-order valence-corrected chi connectivity index (χ2v) is 6.26. The number of rotatable bonds is 5. The fraction of sp³-hybridized carbons (Fsp3) is 0.333. The molecule has 1 unspecified atom stereocenters. The van der Waals surface area contributed by atoms with E-state index in [0.717, 1.165) is 24.0 Å². The number of carbonyl (C=O) groups is 1. The summed E-state index contributed by atoms with van der Waals surface area (Å²) in [4.78, 5) is 16.6. The highest BCUT2D eigenvalue weighted by Crippen LogP contribution is 2.34. The Labute approximate surface area is 149 Å². The maximum Gasteiger partial charge on any atom is 0.290 e. The van der Waals surface area contributed by atoms with Gasteiger partial charge in [-0.3, -0.25) is 4.79 Å². The monoisotopic (exact) mass is 354 g/mol. The molecule has 1 amide bonds. The molecule has 0 radical (unpaired) electrons. The van der Waals surface area contributed by atoms with E-state index in [2.05, 4.69) is 20.6 Å². The van der Waals surface area contributed by atoms with Crippen molar-refractivity contribution >= 4 is 5.91 Å². The Bertz CT molecular complexity index is 946. The van der Waals surface area contributed by atoms with Crippen molar-refractivity contribution in [2.75, 3.05) is 7.11 Å². The van der Waals surface area contributed by atoms with Crippen LogP contribution in [0.2, 0.25) is 0 Å². The Morgan fingerprint density at radius 3 is 2.96 bits per heavy atom. The van der Waals surface area contributed by atoms with Crippen molar-refractivity contribution in [2.24, 2.45) is 0 Å². The standard InChI is InChI=1S/C18H18N4O4/c1-10-7-15(25-21-10)18(23)19-14-6-4-11-8-12(3-5-13(11)14)17-20-16(9-24-2)26-22-17/h3,5,7-8,14H,4,6,9H2,1-2H3,(H,19,23). The van der Waals surface area contributed by atoms with Crippen LogP contribution in [0, 0.1) is 6.92 Å². The molecule has 2 aromatic heterocycles. The van der Waals surface area contributed by atoms with E-state index in [0.29, 0.717) is 17.4 Å². The molecule has 26 heavy (non-hydrogen) atoms. The van der Waals surface area contributed by atoms with Crippen LogP contribution in [0.1, 0.15) is 45.7 Å². The normalized spacial score (nSPS) is 15.8. The minimum Gasteiger partial charge on any atom is -0.375 e. The Morgan fingerprint density at radius 1 is 1.31 bits per heavy atom. The lowest BCUT2D eigenvalue weighted by Crippen LogP contribution is -2.26.